The molecule has 0 amide bonds. The van der Waals surface area contributed by atoms with Crippen molar-refractivity contribution in [3.8, 4) is 0 Å². The Morgan fingerprint density at radius 3 is 2.71 bits per heavy atom. The Labute approximate surface area is 104 Å². The first-order chi connectivity index (χ1) is 8.09. The van der Waals surface area contributed by atoms with Gasteiger partial charge in [0.15, 0.2) is 0 Å². The summed E-state index contributed by atoms with van der Waals surface area (Å²) < 4.78 is 0. The second kappa shape index (κ2) is 3.59. The molecule has 1 aromatic heterocycles. The summed E-state index contributed by atoms with van der Waals surface area (Å²) in [6.07, 6.45) is 3.54. The summed E-state index contributed by atoms with van der Waals surface area (Å²) in [7, 11) is 12.8. The standard InChI is InChI=1S/C12H15B2N3/c13-12(14)10-8(2-1-5-17-10)9(15)11(12)3-6-16-7-4-11/h1-2,5,9,16H,3-4,6-7,15H2/t9-/m1/s1. The number of fused-ring (bicyclic) bond motifs is 1. The van der Waals surface area contributed by atoms with Gasteiger partial charge in [-0.25, -0.2) is 0 Å². The zero-order valence-corrected chi connectivity index (χ0v) is 9.82. The van der Waals surface area contributed by atoms with E-state index in [1.807, 2.05) is 12.1 Å². The van der Waals surface area contributed by atoms with E-state index in [1.165, 1.54) is 0 Å². The second-order valence-corrected chi connectivity index (χ2v) is 5.19. The van der Waals surface area contributed by atoms with E-state index in [0.29, 0.717) is 0 Å². The molecule has 84 valence electrons. The van der Waals surface area contributed by atoms with Crippen LogP contribution in [-0.2, 0) is 5.21 Å². The van der Waals surface area contributed by atoms with Gasteiger partial charge >= 0.3 is 0 Å². The van der Waals surface area contributed by atoms with Crippen molar-refractivity contribution in [2.24, 2.45) is 11.1 Å². The van der Waals surface area contributed by atoms with Crippen LogP contribution in [0, 0.1) is 5.41 Å². The van der Waals surface area contributed by atoms with Crippen molar-refractivity contribution in [1.82, 2.24) is 10.3 Å². The summed E-state index contributed by atoms with van der Waals surface area (Å²) in [6.45, 7) is 1.83. The molecule has 0 saturated carbocycles. The number of pyridine rings is 1. The Bertz CT molecular complexity index is 441. The number of aromatic nitrogens is 1. The topological polar surface area (TPSA) is 50.9 Å². The molecule has 1 aromatic rings. The number of nitrogens with zero attached hydrogens (tertiary/aromatic N) is 1. The zero-order chi connectivity index (χ0) is 12.1. The molecule has 2 aliphatic rings. The monoisotopic (exact) mass is 223 g/mol. The highest BCUT2D eigenvalue weighted by atomic mass is 14.9. The smallest absolute Gasteiger partial charge is 0.0712 e. The van der Waals surface area contributed by atoms with Crippen LogP contribution in [0.1, 0.15) is 30.1 Å². The highest BCUT2D eigenvalue weighted by Gasteiger charge is 2.56. The van der Waals surface area contributed by atoms with Gasteiger partial charge in [-0.3, -0.25) is 4.98 Å². The van der Waals surface area contributed by atoms with Gasteiger partial charge in [-0.05, 0) is 43.0 Å². The van der Waals surface area contributed by atoms with Gasteiger partial charge in [-0.2, -0.15) is 0 Å². The summed E-state index contributed by atoms with van der Waals surface area (Å²) in [5.74, 6) is 0. The maximum atomic E-state index is 6.40. The third-order valence-corrected chi connectivity index (χ3v) is 4.48. The molecule has 3 rings (SSSR count). The molecule has 1 aliphatic carbocycles. The fourth-order valence-electron chi connectivity index (χ4n) is 3.40. The van der Waals surface area contributed by atoms with Crippen molar-refractivity contribution < 1.29 is 0 Å². The van der Waals surface area contributed by atoms with Crippen LogP contribution in [0.5, 0.6) is 0 Å². The maximum Gasteiger partial charge on any atom is 0.0712 e. The molecule has 1 atom stereocenters. The van der Waals surface area contributed by atoms with E-state index in [0.717, 1.165) is 37.2 Å². The van der Waals surface area contributed by atoms with Crippen LogP contribution in [0.25, 0.3) is 0 Å². The van der Waals surface area contributed by atoms with Crippen LogP contribution >= 0.6 is 0 Å². The number of hydrogen-bond donors (Lipinski definition) is 2. The average molecular weight is 223 g/mol. The Hall–Kier alpha value is -0.800. The molecule has 0 unspecified atom stereocenters. The van der Waals surface area contributed by atoms with Crippen LogP contribution < -0.4 is 11.1 Å². The van der Waals surface area contributed by atoms with Gasteiger partial charge in [-0.15, -0.1) is 0 Å². The molecule has 1 spiro atoms. The molecule has 0 bridgehead atoms. The van der Waals surface area contributed by atoms with Gasteiger partial charge in [0.05, 0.1) is 15.7 Å². The van der Waals surface area contributed by atoms with Crippen molar-refractivity contribution in [3.05, 3.63) is 29.6 Å². The number of nitrogens with two attached hydrogens (primary N) is 1. The van der Waals surface area contributed by atoms with Gasteiger partial charge in [0, 0.05) is 17.9 Å². The fraction of sp³-hybridized carbons (Fsp3) is 0.583. The molecule has 0 aromatic carbocycles. The first-order valence-corrected chi connectivity index (χ1v) is 6.09. The van der Waals surface area contributed by atoms with Crippen molar-refractivity contribution in [2.45, 2.75) is 24.1 Å². The quantitative estimate of drug-likeness (QED) is 0.606. The summed E-state index contributed by atoms with van der Waals surface area (Å²) in [5.41, 5.74) is 7.93. The van der Waals surface area contributed by atoms with Crippen LogP contribution in [0.2, 0.25) is 0 Å². The lowest BCUT2D eigenvalue weighted by atomic mass is 9.40. The van der Waals surface area contributed by atoms with E-state index < -0.39 is 5.21 Å². The van der Waals surface area contributed by atoms with Crippen molar-refractivity contribution >= 4 is 15.7 Å². The molecular formula is C12H15B2N3. The van der Waals surface area contributed by atoms with Crippen molar-refractivity contribution in [3.63, 3.8) is 0 Å². The minimum atomic E-state index is -0.912. The van der Waals surface area contributed by atoms with Gasteiger partial charge < -0.3 is 11.1 Å². The van der Waals surface area contributed by atoms with Gasteiger partial charge in [0.2, 0.25) is 0 Å². The van der Waals surface area contributed by atoms with E-state index in [-0.39, 0.29) is 11.5 Å². The normalized spacial score (nSPS) is 29.1. The average Bonchev–Trinajstić information content (AvgIpc) is 2.52. The minimum Gasteiger partial charge on any atom is -0.323 e. The number of nitrogens with one attached hydrogen (secondary N) is 1. The predicted octanol–water partition coefficient (Wildman–Crippen LogP) is -0.0454. The molecule has 17 heavy (non-hydrogen) atoms. The van der Waals surface area contributed by atoms with Crippen molar-refractivity contribution in [2.75, 3.05) is 13.1 Å². The first-order valence-electron chi connectivity index (χ1n) is 6.09. The first kappa shape index (κ1) is 11.3. The molecule has 3 N–H and O–H groups in total. The van der Waals surface area contributed by atoms with Crippen LogP contribution in [0.4, 0.5) is 0 Å². The lowest BCUT2D eigenvalue weighted by Gasteiger charge is -2.48. The van der Waals surface area contributed by atoms with Crippen LogP contribution in [0.3, 0.4) is 0 Å². The number of rotatable bonds is 0. The second-order valence-electron chi connectivity index (χ2n) is 5.19. The highest BCUT2D eigenvalue weighted by Crippen LogP contribution is 2.57. The van der Waals surface area contributed by atoms with Crippen molar-refractivity contribution in [1.29, 1.82) is 0 Å². The molecule has 2 heterocycles. The summed E-state index contributed by atoms with van der Waals surface area (Å²) >= 11 is 0. The highest BCUT2D eigenvalue weighted by molar-refractivity contribution is 6.41. The molecule has 3 nitrogen and oxygen atoms in total. The zero-order valence-electron chi connectivity index (χ0n) is 9.82. The van der Waals surface area contributed by atoms with E-state index in [1.54, 1.807) is 6.20 Å². The lowest BCUT2D eigenvalue weighted by molar-refractivity contribution is 0.148. The van der Waals surface area contributed by atoms with Gasteiger partial charge in [0.1, 0.15) is 0 Å². The Balaban J connectivity index is 2.15. The summed E-state index contributed by atoms with van der Waals surface area (Å²) in [5, 5.41) is 2.42. The Morgan fingerprint density at radius 2 is 2.06 bits per heavy atom. The minimum absolute atomic E-state index is 0.108. The van der Waals surface area contributed by atoms with E-state index in [2.05, 4.69) is 10.3 Å². The molecule has 1 aliphatic heterocycles. The molecule has 4 radical (unpaired) electrons. The molecule has 1 saturated heterocycles. The number of hydrogen-bond acceptors (Lipinski definition) is 3. The fourth-order valence-corrected chi connectivity index (χ4v) is 3.40. The SMILES string of the molecule is [B]C1([B])c2ncccc2[C@@H](N)C12CCNCC2. The third-order valence-electron chi connectivity index (χ3n) is 4.48. The summed E-state index contributed by atoms with van der Waals surface area (Å²) in [6, 6.07) is 3.79. The van der Waals surface area contributed by atoms with Crippen LogP contribution in [-0.4, -0.2) is 33.8 Å². The number of piperidine rings is 1. The lowest BCUT2D eigenvalue weighted by Crippen LogP contribution is -2.53. The van der Waals surface area contributed by atoms with Gasteiger partial charge in [0.25, 0.3) is 0 Å². The Kier molecular flexibility index (Phi) is 2.39. The molecule has 1 fully saturated rings. The predicted molar refractivity (Wildman–Crippen MR) is 68.9 cm³/mol. The largest absolute Gasteiger partial charge is 0.323 e. The van der Waals surface area contributed by atoms with Crippen LogP contribution in [0.15, 0.2) is 18.3 Å². The maximum absolute atomic E-state index is 6.40. The van der Waals surface area contributed by atoms with Gasteiger partial charge in [-0.1, -0.05) is 11.3 Å². The van der Waals surface area contributed by atoms with E-state index in [9.17, 15) is 0 Å². The third kappa shape index (κ3) is 1.30. The Morgan fingerprint density at radius 1 is 1.35 bits per heavy atom. The summed E-state index contributed by atoms with van der Waals surface area (Å²) in [4.78, 5) is 4.36. The molecule has 5 heteroatoms. The van der Waals surface area contributed by atoms with E-state index >= 15 is 0 Å². The molecular weight excluding hydrogens is 208 g/mol. The van der Waals surface area contributed by atoms with E-state index in [4.69, 9.17) is 21.4 Å².